The second kappa shape index (κ2) is 28.7. The maximum Gasteiger partial charge on any atom is 0.326 e. The average molecular weight is 1290 g/mol. The Hall–Kier alpha value is -9.92. The van der Waals surface area contributed by atoms with Crippen molar-refractivity contribution in [2.75, 3.05) is 93.4 Å². The number of hydrogen-bond acceptors (Lipinski definition) is 22. The molecule has 93 heavy (non-hydrogen) atoms. The number of carbonyl (C=O) groups is 4. The first-order chi connectivity index (χ1) is 44.9. The van der Waals surface area contributed by atoms with Crippen LogP contribution in [-0.2, 0) is 38.6 Å². The zero-order valence-corrected chi connectivity index (χ0v) is 52.0. The number of pyridine rings is 2. The molecule has 30 heteroatoms. The number of piperidine rings is 2. The summed E-state index contributed by atoms with van der Waals surface area (Å²) in [6.07, 6.45) is 11.9. The topological polar surface area (TPSA) is 351 Å². The number of rotatable bonds is 23. The number of hydrogen-bond donors (Lipinski definition) is 6. The molecular formula is C63H69ClF2N20O7. The molecule has 484 valence electrons. The fourth-order valence-electron chi connectivity index (χ4n) is 11.9. The number of carboxylic acids is 1. The van der Waals surface area contributed by atoms with Crippen molar-refractivity contribution in [1.29, 1.82) is 5.26 Å². The standard InChI is InChI=1S/C63H69ClF2N20O7/c1-37(45-28-39(30-67)5-10-46(45)65)74-55-52(64)38(2)73-49-29-47(66)53(77-54(49)55)41-31-71-62(72-32-41)85-24-22-84(23-25-85)51(88)36-93-27-26-86-35-43(80-81-86)4-3-17-82-18-13-63(14-19-82)15-20-83(21-16-63)50(87)12-11-48(60(91)92)76-58(89)40-6-8-42(9-7-40)69-33-44-34-70-57-56(75-44)59(90)79-61(68)78-57/h5-10,28-29,31-32,34-35,37,48,69H,3-4,11-27,33,36H2,1-2H3,(H,73,74)(H,76,89)(H,91,92)(H3,68,70,78,79,90)/t37-,48+/m1/s1. The molecule has 7 N–H and O–H groups in total. The van der Waals surface area contributed by atoms with Crippen molar-refractivity contribution in [3.05, 3.63) is 124 Å². The highest BCUT2D eigenvalue weighted by Gasteiger charge is 2.39. The molecule has 3 amide bonds. The highest BCUT2D eigenvalue weighted by atomic mass is 35.5. The summed E-state index contributed by atoms with van der Waals surface area (Å²) in [6, 6.07) is 11.9. The second-order valence-electron chi connectivity index (χ2n) is 23.6. The first kappa shape index (κ1) is 64.6. The van der Waals surface area contributed by atoms with Crippen LogP contribution in [0.1, 0.15) is 96.5 Å². The number of piperazine rings is 1. The Kier molecular flexibility index (Phi) is 19.9. The molecule has 3 aliphatic rings. The molecule has 3 aliphatic heterocycles. The van der Waals surface area contributed by atoms with E-state index in [1.807, 2.05) is 22.1 Å². The monoisotopic (exact) mass is 1290 g/mol. The molecule has 3 fully saturated rings. The lowest BCUT2D eigenvalue weighted by Crippen LogP contribution is -2.50. The van der Waals surface area contributed by atoms with Crippen LogP contribution in [0.15, 0.2) is 73.3 Å². The van der Waals surface area contributed by atoms with E-state index in [1.54, 1.807) is 47.7 Å². The van der Waals surface area contributed by atoms with E-state index in [-0.39, 0.29) is 106 Å². The molecule has 0 radical (unpaired) electrons. The predicted octanol–water partition coefficient (Wildman–Crippen LogP) is 6.26. The van der Waals surface area contributed by atoms with E-state index in [1.165, 1.54) is 42.9 Å². The molecule has 9 heterocycles. The molecule has 0 aliphatic carbocycles. The third kappa shape index (κ3) is 15.5. The van der Waals surface area contributed by atoms with Gasteiger partial charge in [-0.15, -0.1) is 5.10 Å². The number of nitrogens with zero attached hydrogens (tertiary/aromatic N) is 16. The summed E-state index contributed by atoms with van der Waals surface area (Å²) in [4.78, 5) is 94.1. The average Bonchev–Trinajstić information content (AvgIpc) is 1.04. The first-order valence-electron chi connectivity index (χ1n) is 30.7. The molecule has 1 spiro atoms. The molecule has 2 atom stereocenters. The minimum absolute atomic E-state index is 0.00736. The summed E-state index contributed by atoms with van der Waals surface area (Å²) in [5, 5.41) is 47.2. The van der Waals surface area contributed by atoms with E-state index in [4.69, 9.17) is 22.1 Å². The van der Waals surface area contributed by atoms with Gasteiger partial charge in [-0.1, -0.05) is 16.8 Å². The van der Waals surface area contributed by atoms with Gasteiger partial charge in [0.05, 0.1) is 76.9 Å². The van der Waals surface area contributed by atoms with Crippen molar-refractivity contribution in [3.8, 4) is 23.2 Å². The van der Waals surface area contributed by atoms with E-state index in [9.17, 15) is 39.0 Å². The Morgan fingerprint density at radius 3 is 2.30 bits per heavy atom. The molecule has 6 aromatic heterocycles. The van der Waals surface area contributed by atoms with Crippen LogP contribution in [0, 0.1) is 35.3 Å². The number of carbonyl (C=O) groups excluding carboxylic acids is 3. The number of nitrogens with two attached hydrogens (primary N) is 1. The van der Waals surface area contributed by atoms with Crippen molar-refractivity contribution in [2.24, 2.45) is 5.41 Å². The van der Waals surface area contributed by atoms with E-state index < -0.39 is 35.6 Å². The SMILES string of the molecule is Cc1nc2cc(F)c(-c3cnc(N4CCN(C(=O)COCCn5cc(CCCN6CCC7(CC6)CCN(C(=O)CC[C@H](NC(=O)c6ccc(NCc8cnc9nc(N)nc(O)c9n8)cc6)C(=O)O)CC7)nn5)CC4)nc3)nc2c(N[C@H](C)c2cc(C#N)ccc2F)c1Cl. The van der Waals surface area contributed by atoms with Crippen molar-refractivity contribution >= 4 is 80.8 Å². The van der Waals surface area contributed by atoms with Gasteiger partial charge in [0, 0.05) is 92.7 Å². The second-order valence-corrected chi connectivity index (χ2v) is 23.9. The van der Waals surface area contributed by atoms with Crippen LogP contribution in [0.2, 0.25) is 5.02 Å². The zero-order valence-electron chi connectivity index (χ0n) is 51.2. The number of ether oxygens (including phenoxy) is 1. The third-order valence-electron chi connectivity index (χ3n) is 17.4. The number of anilines is 4. The minimum atomic E-state index is -1.25. The van der Waals surface area contributed by atoms with Crippen molar-refractivity contribution < 1.29 is 42.9 Å². The van der Waals surface area contributed by atoms with Gasteiger partial charge in [0.2, 0.25) is 29.6 Å². The van der Waals surface area contributed by atoms with Crippen molar-refractivity contribution in [3.63, 3.8) is 0 Å². The maximum absolute atomic E-state index is 15.7. The minimum Gasteiger partial charge on any atom is -0.492 e. The highest BCUT2D eigenvalue weighted by Crippen LogP contribution is 2.42. The zero-order chi connectivity index (χ0) is 65.3. The predicted molar refractivity (Wildman–Crippen MR) is 338 cm³/mol. The summed E-state index contributed by atoms with van der Waals surface area (Å²) in [5.74, 6) is -3.31. The molecule has 8 aromatic rings. The number of likely N-dealkylation sites (tertiary alicyclic amines) is 2. The summed E-state index contributed by atoms with van der Waals surface area (Å²) in [6.45, 7) is 10.1. The summed E-state index contributed by atoms with van der Waals surface area (Å²) in [5.41, 5.74) is 10.3. The quantitative estimate of drug-likeness (QED) is 0.0385. The molecule has 27 nitrogen and oxygen atoms in total. The third-order valence-corrected chi connectivity index (χ3v) is 17.9. The van der Waals surface area contributed by atoms with Gasteiger partial charge in [0.1, 0.15) is 29.7 Å². The number of amides is 3. The Morgan fingerprint density at radius 1 is 0.839 bits per heavy atom. The number of aliphatic carboxylic acids is 1. The van der Waals surface area contributed by atoms with E-state index in [2.05, 4.69) is 71.0 Å². The van der Waals surface area contributed by atoms with E-state index in [0.717, 1.165) is 63.9 Å². The summed E-state index contributed by atoms with van der Waals surface area (Å²) >= 11 is 6.73. The van der Waals surface area contributed by atoms with Crippen LogP contribution >= 0.6 is 11.6 Å². The van der Waals surface area contributed by atoms with Gasteiger partial charge in [-0.2, -0.15) is 15.2 Å². The lowest BCUT2D eigenvalue weighted by Gasteiger charge is -2.47. The number of nitrogens with one attached hydrogen (secondary N) is 3. The largest absolute Gasteiger partial charge is 0.492 e. The lowest BCUT2D eigenvalue weighted by atomic mass is 9.71. The first-order valence-corrected chi connectivity index (χ1v) is 31.1. The fraction of sp³-hybridized carbons (Fsp3) is 0.413. The number of halogens is 3. The Balaban J connectivity index is 0.548. The molecule has 0 bridgehead atoms. The van der Waals surface area contributed by atoms with Gasteiger partial charge in [-0.05, 0) is 126 Å². The van der Waals surface area contributed by atoms with E-state index in [0.29, 0.717) is 85.7 Å². The number of aryl methyl sites for hydroxylation is 2. The van der Waals surface area contributed by atoms with Gasteiger partial charge in [-0.3, -0.25) is 14.4 Å². The maximum atomic E-state index is 15.7. The van der Waals surface area contributed by atoms with Gasteiger partial charge in [-0.25, -0.2) is 48.2 Å². The van der Waals surface area contributed by atoms with Crippen LogP contribution in [0.5, 0.6) is 5.88 Å². The molecule has 3 saturated heterocycles. The Bertz CT molecular complexity index is 4100. The number of nitrogen functional groups attached to an aromatic ring is 1. The van der Waals surface area contributed by atoms with Crippen LogP contribution < -0.4 is 26.6 Å². The molecular weight excluding hydrogens is 1220 g/mol. The number of fused-ring (bicyclic) bond motifs is 2. The van der Waals surface area contributed by atoms with E-state index >= 15 is 4.39 Å². The number of benzene rings is 2. The van der Waals surface area contributed by atoms with Gasteiger partial charge >= 0.3 is 5.97 Å². The van der Waals surface area contributed by atoms with Crippen LogP contribution in [-0.4, -0.2) is 182 Å². The number of aromatic hydroxyl groups is 1. The number of aromatic nitrogens is 11. The fourth-order valence-corrected chi connectivity index (χ4v) is 12.1. The van der Waals surface area contributed by atoms with Crippen LogP contribution in [0.4, 0.5) is 32.1 Å². The summed E-state index contributed by atoms with van der Waals surface area (Å²) < 4.78 is 38.1. The molecule has 11 rings (SSSR count). The van der Waals surface area contributed by atoms with Crippen molar-refractivity contribution in [1.82, 2.24) is 74.9 Å². The molecule has 0 unspecified atom stereocenters. The smallest absolute Gasteiger partial charge is 0.326 e. The molecule has 2 aromatic carbocycles. The normalized spacial score (nSPS) is 15.7. The van der Waals surface area contributed by atoms with Gasteiger partial charge in [0.25, 0.3) is 5.91 Å². The Morgan fingerprint density at radius 2 is 1.57 bits per heavy atom. The number of nitriles is 1. The van der Waals surface area contributed by atoms with Gasteiger partial charge in [0.15, 0.2) is 17.0 Å². The Labute approximate surface area is 537 Å². The van der Waals surface area contributed by atoms with Crippen LogP contribution in [0.3, 0.4) is 0 Å². The highest BCUT2D eigenvalue weighted by molar-refractivity contribution is 6.35. The van der Waals surface area contributed by atoms with Gasteiger partial charge < -0.3 is 56.2 Å². The van der Waals surface area contributed by atoms with Crippen molar-refractivity contribution in [2.45, 2.75) is 90.4 Å². The summed E-state index contributed by atoms with van der Waals surface area (Å²) in [7, 11) is 0. The van der Waals surface area contributed by atoms with Crippen LogP contribution in [0.25, 0.3) is 33.5 Å². The number of carboxylic acid groups (broad SMARTS) is 1. The molecule has 0 saturated carbocycles. The lowest BCUT2D eigenvalue weighted by molar-refractivity contribution is -0.140.